The Morgan fingerprint density at radius 2 is 1.93 bits per heavy atom. The smallest absolute Gasteiger partial charge is 0.290 e. The van der Waals surface area contributed by atoms with Gasteiger partial charge in [0.05, 0.1) is 11.6 Å². The molecule has 3 aromatic rings. The second-order valence-corrected chi connectivity index (χ2v) is 7.94. The van der Waals surface area contributed by atoms with Gasteiger partial charge in [0.2, 0.25) is 5.78 Å². The Balaban J connectivity index is 1.46. The van der Waals surface area contributed by atoms with E-state index in [4.69, 9.17) is 11.6 Å². The van der Waals surface area contributed by atoms with Gasteiger partial charge in [0, 0.05) is 42.0 Å². The minimum atomic E-state index is -0.861. The number of fused-ring (bicyclic) bond motifs is 1. The highest BCUT2D eigenvalue weighted by molar-refractivity contribution is 6.36. The van der Waals surface area contributed by atoms with E-state index in [2.05, 4.69) is 4.98 Å². The highest BCUT2D eigenvalue weighted by Crippen LogP contribution is 2.33. The van der Waals surface area contributed by atoms with Crippen molar-refractivity contribution >= 4 is 34.2 Å². The summed E-state index contributed by atoms with van der Waals surface area (Å²) in [4.78, 5) is 30.6. The molecule has 2 heterocycles. The average Bonchev–Trinajstić information content (AvgIpc) is 2.74. The third kappa shape index (κ3) is 4.20. The van der Waals surface area contributed by atoms with Crippen LogP contribution in [0.2, 0.25) is 5.02 Å². The first-order chi connectivity index (χ1) is 14.4. The molecule has 1 N–H and O–H groups in total. The van der Waals surface area contributed by atoms with Gasteiger partial charge in [-0.15, -0.1) is 0 Å². The molecule has 2 aromatic carbocycles. The lowest BCUT2D eigenvalue weighted by atomic mass is 9.85. The summed E-state index contributed by atoms with van der Waals surface area (Å²) in [7, 11) is 0. The van der Waals surface area contributed by atoms with Gasteiger partial charge in [0.1, 0.15) is 5.82 Å². The summed E-state index contributed by atoms with van der Waals surface area (Å²) < 4.78 is 13.8. The third-order valence-corrected chi connectivity index (χ3v) is 5.77. The standard InChI is InChI=1S/C23H20ClFN2O3/c24-15-3-1-14(2-4-15)11-21(28)23(30)27-10-8-18(22(29)13-27)17-7-9-26-20-6-5-16(25)12-19(17)20/h1-7,9,12,18,22,29H,8,10-11,13H2/t18-,22+/m0/s1. The molecule has 0 unspecified atom stereocenters. The number of β-amino-alcohol motifs (C(OH)–C–C–N with tert-alkyl or cyclic N) is 1. The van der Waals surface area contributed by atoms with E-state index in [1.807, 2.05) is 0 Å². The van der Waals surface area contributed by atoms with Crippen molar-refractivity contribution in [3.8, 4) is 0 Å². The number of nitrogens with zero attached hydrogens (tertiary/aromatic N) is 2. The van der Waals surface area contributed by atoms with Gasteiger partial charge in [0.25, 0.3) is 5.91 Å². The van der Waals surface area contributed by atoms with Crippen molar-refractivity contribution in [2.75, 3.05) is 13.1 Å². The maximum Gasteiger partial charge on any atom is 0.290 e. The fraction of sp³-hybridized carbons (Fsp3) is 0.261. The van der Waals surface area contributed by atoms with Gasteiger partial charge in [-0.1, -0.05) is 23.7 Å². The van der Waals surface area contributed by atoms with Gasteiger partial charge < -0.3 is 10.0 Å². The van der Waals surface area contributed by atoms with Crippen LogP contribution < -0.4 is 0 Å². The molecule has 1 aromatic heterocycles. The van der Waals surface area contributed by atoms with Gasteiger partial charge in [-0.3, -0.25) is 14.6 Å². The van der Waals surface area contributed by atoms with Crippen LogP contribution in [0.25, 0.3) is 10.9 Å². The summed E-state index contributed by atoms with van der Waals surface area (Å²) in [5.41, 5.74) is 2.16. The monoisotopic (exact) mass is 426 g/mol. The predicted molar refractivity (Wildman–Crippen MR) is 112 cm³/mol. The number of amides is 1. The van der Waals surface area contributed by atoms with Gasteiger partial charge in [-0.2, -0.15) is 0 Å². The van der Waals surface area contributed by atoms with E-state index in [-0.39, 0.29) is 24.7 Å². The van der Waals surface area contributed by atoms with E-state index in [0.29, 0.717) is 34.5 Å². The molecule has 2 atom stereocenters. The van der Waals surface area contributed by atoms with Crippen molar-refractivity contribution in [3.05, 3.63) is 76.7 Å². The number of hydrogen-bond acceptors (Lipinski definition) is 4. The molecular formula is C23H20ClFN2O3. The van der Waals surface area contributed by atoms with Gasteiger partial charge >= 0.3 is 0 Å². The van der Waals surface area contributed by atoms with Gasteiger partial charge in [-0.05, 0) is 53.9 Å². The summed E-state index contributed by atoms with van der Waals surface area (Å²) in [5, 5.41) is 12.0. The lowest BCUT2D eigenvalue weighted by molar-refractivity contribution is -0.146. The fourth-order valence-corrected chi connectivity index (χ4v) is 4.11. The van der Waals surface area contributed by atoms with E-state index in [1.54, 1.807) is 42.6 Å². The van der Waals surface area contributed by atoms with Crippen LogP contribution in [0.3, 0.4) is 0 Å². The van der Waals surface area contributed by atoms with Crippen molar-refractivity contribution in [3.63, 3.8) is 0 Å². The number of ketones is 1. The van der Waals surface area contributed by atoms with Crippen LogP contribution in [0.1, 0.15) is 23.5 Å². The zero-order chi connectivity index (χ0) is 21.3. The highest BCUT2D eigenvalue weighted by atomic mass is 35.5. The second kappa shape index (κ2) is 8.50. The number of hydrogen-bond donors (Lipinski definition) is 1. The zero-order valence-corrected chi connectivity index (χ0v) is 16.8. The lowest BCUT2D eigenvalue weighted by Crippen LogP contribution is -2.48. The van der Waals surface area contributed by atoms with Crippen LogP contribution in [-0.2, 0) is 16.0 Å². The zero-order valence-electron chi connectivity index (χ0n) is 16.1. The number of aliphatic hydroxyl groups excluding tert-OH is 1. The number of aliphatic hydroxyl groups is 1. The van der Waals surface area contributed by atoms with Gasteiger partial charge in [0.15, 0.2) is 0 Å². The first kappa shape index (κ1) is 20.4. The molecule has 30 heavy (non-hydrogen) atoms. The number of carbonyl (C=O) groups excluding carboxylic acids is 2. The lowest BCUT2D eigenvalue weighted by Gasteiger charge is -2.36. The molecule has 1 aliphatic heterocycles. The number of likely N-dealkylation sites (tertiary alicyclic amines) is 1. The van der Waals surface area contributed by atoms with Crippen LogP contribution in [0, 0.1) is 5.82 Å². The number of pyridine rings is 1. The highest BCUT2D eigenvalue weighted by Gasteiger charge is 2.34. The van der Waals surface area contributed by atoms with Crippen molar-refractivity contribution in [1.29, 1.82) is 0 Å². The van der Waals surface area contributed by atoms with Crippen LogP contribution >= 0.6 is 11.6 Å². The maximum absolute atomic E-state index is 13.8. The molecule has 0 aliphatic carbocycles. The summed E-state index contributed by atoms with van der Waals surface area (Å²) in [5.74, 6) is -1.77. The molecule has 0 saturated carbocycles. The number of Topliss-reactive ketones (excluding diaryl/α,β-unsaturated/α-hetero) is 1. The molecule has 0 bridgehead atoms. The van der Waals surface area contributed by atoms with Crippen molar-refractivity contribution in [2.24, 2.45) is 0 Å². The molecule has 1 fully saturated rings. The number of carbonyl (C=O) groups is 2. The number of rotatable bonds is 4. The topological polar surface area (TPSA) is 70.5 Å². The Labute approximate surface area is 178 Å². The molecule has 4 rings (SSSR count). The summed E-state index contributed by atoms with van der Waals surface area (Å²) >= 11 is 5.85. The Bertz CT molecular complexity index is 1100. The van der Waals surface area contributed by atoms with E-state index in [9.17, 15) is 19.1 Å². The predicted octanol–water partition coefficient (Wildman–Crippen LogP) is 3.52. The summed E-state index contributed by atoms with van der Waals surface area (Å²) in [6.07, 6.45) is 1.23. The quantitative estimate of drug-likeness (QED) is 0.648. The Kier molecular flexibility index (Phi) is 5.79. The van der Waals surface area contributed by atoms with Crippen molar-refractivity contribution in [2.45, 2.75) is 24.9 Å². The molecule has 0 radical (unpaired) electrons. The minimum absolute atomic E-state index is 0.0136. The molecule has 7 heteroatoms. The summed E-state index contributed by atoms with van der Waals surface area (Å²) in [6, 6.07) is 12.9. The Morgan fingerprint density at radius 1 is 1.17 bits per heavy atom. The van der Waals surface area contributed by atoms with E-state index < -0.39 is 17.8 Å². The second-order valence-electron chi connectivity index (χ2n) is 7.50. The number of aromatic nitrogens is 1. The number of halogens is 2. The van der Waals surface area contributed by atoms with Gasteiger partial charge in [-0.25, -0.2) is 4.39 Å². The molecule has 0 spiro atoms. The van der Waals surface area contributed by atoms with Crippen LogP contribution in [-0.4, -0.2) is 45.9 Å². The minimum Gasteiger partial charge on any atom is -0.391 e. The van der Waals surface area contributed by atoms with Crippen molar-refractivity contribution < 1.29 is 19.1 Å². The van der Waals surface area contributed by atoms with Crippen LogP contribution in [0.4, 0.5) is 4.39 Å². The molecule has 1 amide bonds. The Hall–Kier alpha value is -2.83. The largest absolute Gasteiger partial charge is 0.391 e. The van der Waals surface area contributed by atoms with E-state index in [0.717, 1.165) is 5.56 Å². The molecular weight excluding hydrogens is 407 g/mol. The first-order valence-corrected chi connectivity index (χ1v) is 10.1. The van der Waals surface area contributed by atoms with E-state index in [1.165, 1.54) is 17.0 Å². The number of piperidine rings is 1. The van der Waals surface area contributed by atoms with E-state index >= 15 is 0 Å². The maximum atomic E-state index is 13.8. The molecule has 1 aliphatic rings. The van der Waals surface area contributed by atoms with Crippen LogP contribution in [0.5, 0.6) is 0 Å². The summed E-state index contributed by atoms with van der Waals surface area (Å²) in [6.45, 7) is 0.390. The third-order valence-electron chi connectivity index (χ3n) is 5.52. The molecule has 154 valence electrons. The fourth-order valence-electron chi connectivity index (χ4n) is 3.98. The Morgan fingerprint density at radius 3 is 2.67 bits per heavy atom. The van der Waals surface area contributed by atoms with Crippen molar-refractivity contribution in [1.82, 2.24) is 9.88 Å². The van der Waals surface area contributed by atoms with Crippen LogP contribution in [0.15, 0.2) is 54.7 Å². The SMILES string of the molecule is O=C(Cc1ccc(Cl)cc1)C(=O)N1CC[C@@H](c2ccnc3ccc(F)cc23)[C@H](O)C1. The average molecular weight is 427 g/mol. The normalized spacial score (nSPS) is 19.1. The number of benzene rings is 2. The molecule has 5 nitrogen and oxygen atoms in total. The first-order valence-electron chi connectivity index (χ1n) is 9.71. The molecule has 1 saturated heterocycles.